The van der Waals surface area contributed by atoms with Crippen molar-refractivity contribution in [3.63, 3.8) is 0 Å². The Balaban J connectivity index is 0.000000215. The second-order valence-corrected chi connectivity index (χ2v) is 25.2. The molecule has 8 aromatic rings. The number of halogens is 4. The van der Waals surface area contributed by atoms with Gasteiger partial charge in [-0.1, -0.05) is 94.9 Å². The van der Waals surface area contributed by atoms with E-state index in [1.807, 2.05) is 78.9 Å². The second-order valence-electron chi connectivity index (χ2n) is 23.6. The summed E-state index contributed by atoms with van der Waals surface area (Å²) in [7, 11) is 4.17. The SMILES string of the molecule is CNC(=O)c1ccnc(NC(=O)N2CCC(Oc3ccccc3Cl)CC2)c1.COC(=O)c1ccnc(N)c1.COC(=O)c1ccnc(NC(=O)N2CCC(Oc3ccccc3Cl)CC2)c1.Clc1ccccc1OC1CCNCC1.O=C(O)c1ccnc(NC(=O)N2CCC(Oc3ccccc3Cl)CC2)c1.[Na+].[OH-]. The monoisotopic (exact) mass is 1560 g/mol. The van der Waals surface area contributed by atoms with Crippen LogP contribution < -0.4 is 80.8 Å². The summed E-state index contributed by atoms with van der Waals surface area (Å²) in [6.07, 6.45) is 12.4. The van der Waals surface area contributed by atoms with E-state index >= 15 is 0 Å². The summed E-state index contributed by atoms with van der Waals surface area (Å²) >= 11 is 24.3. The summed E-state index contributed by atoms with van der Waals surface area (Å²) in [6.45, 7) is 5.37. The van der Waals surface area contributed by atoms with Gasteiger partial charge in [-0.15, -0.1) is 0 Å². The van der Waals surface area contributed by atoms with Crippen LogP contribution in [0.5, 0.6) is 23.0 Å². The van der Waals surface area contributed by atoms with Crippen molar-refractivity contribution in [3.05, 3.63) is 213 Å². The predicted octanol–water partition coefficient (Wildman–Crippen LogP) is 10.0. The van der Waals surface area contributed by atoms with Gasteiger partial charge in [-0.3, -0.25) is 20.7 Å². The summed E-state index contributed by atoms with van der Waals surface area (Å²) in [5.41, 5.74) is 6.59. The number of hydrogen-bond acceptors (Lipinski definition) is 20. The molecule has 4 aromatic heterocycles. The summed E-state index contributed by atoms with van der Waals surface area (Å²) in [4.78, 5) is 103. The standard InChI is InChI=1S/C19H21ClN4O3.C19H20ClN3O4.C18H18ClN3O4.C11H14ClNO.C7H8N2O2.Na.H2O/c1-21-18(25)13-6-9-22-17(12-13)23-19(26)24-10-7-14(8-11-24)27-16-5-3-2-4-15(16)20;1-26-18(24)13-6-9-21-17(12-13)22-19(25)23-10-7-14(8-11-23)27-16-5-3-2-4-15(16)20;19-14-3-1-2-4-15(14)26-13-6-9-22(10-7-13)18(25)21-16-11-12(17(23)24)5-8-20-16;12-10-3-1-2-4-11(10)14-9-5-7-13-8-6-9;1-11-7(10)5-2-3-9-6(8)4-5;;/h2-6,9,12,14H,7-8,10-11H2,1H3,(H,21,25)(H,22,23,26);2-6,9,12,14H,7-8,10-11H2,1H3,(H,21,22,25);1-5,8,11,13H,6-7,9-10H2,(H,23,24)(H,20,21,25);1-4,9,13H,5-8H2;2-4H,1H3,(H2,8,9);;1H2/q;;;;;+1;/p-1. The number of aromatic nitrogens is 4. The Labute approximate surface area is 661 Å². The maximum atomic E-state index is 12.4. The van der Waals surface area contributed by atoms with Crippen LogP contribution in [0.4, 0.5) is 37.7 Å². The van der Waals surface area contributed by atoms with Crippen molar-refractivity contribution in [1.29, 1.82) is 0 Å². The van der Waals surface area contributed by atoms with Crippen LogP contribution in [0.15, 0.2) is 170 Å². The van der Waals surface area contributed by atoms with Gasteiger partial charge in [0, 0.05) is 115 Å². The normalized spacial score (nSPS) is 14.2. The van der Waals surface area contributed by atoms with E-state index in [9.17, 15) is 33.6 Å². The maximum Gasteiger partial charge on any atom is 1.00 e. The van der Waals surface area contributed by atoms with Crippen molar-refractivity contribution in [2.45, 2.75) is 75.8 Å². The zero-order valence-electron chi connectivity index (χ0n) is 59.2. The van der Waals surface area contributed by atoms with Crippen molar-refractivity contribution in [3.8, 4) is 23.0 Å². The number of nitrogens with two attached hydrogens (primary N) is 1. The average molecular weight is 1560 g/mol. The van der Waals surface area contributed by atoms with Gasteiger partial charge in [-0.25, -0.2) is 48.7 Å². The molecule has 562 valence electrons. The minimum absolute atomic E-state index is 0. The number of carbonyl (C=O) groups excluding carboxylic acids is 6. The summed E-state index contributed by atoms with van der Waals surface area (Å²) < 4.78 is 32.7. The van der Waals surface area contributed by atoms with E-state index in [-0.39, 0.29) is 88.7 Å². The van der Waals surface area contributed by atoms with Gasteiger partial charge >= 0.3 is 65.6 Å². The number of nitrogens with zero attached hydrogens (tertiary/aromatic N) is 7. The van der Waals surface area contributed by atoms with E-state index in [2.05, 4.69) is 56.0 Å². The van der Waals surface area contributed by atoms with E-state index in [1.54, 1.807) is 58.1 Å². The molecule has 33 heteroatoms. The summed E-state index contributed by atoms with van der Waals surface area (Å²) in [6, 6.07) is 40.7. The molecule has 4 saturated heterocycles. The molecule has 0 radical (unpaired) electrons. The number of anilines is 4. The van der Waals surface area contributed by atoms with Gasteiger partial charge in [-0.05, 0) is 123 Å². The largest absolute Gasteiger partial charge is 1.00 e. The smallest absolute Gasteiger partial charge is 0.870 e. The van der Waals surface area contributed by atoms with Crippen molar-refractivity contribution < 1.29 is 102 Å². The van der Waals surface area contributed by atoms with Crippen molar-refractivity contribution in [1.82, 2.24) is 45.3 Å². The zero-order chi connectivity index (χ0) is 75.0. The molecular formula is C74H82Cl4N13NaO15. The Kier molecular flexibility index (Phi) is 36.3. The van der Waals surface area contributed by atoms with Gasteiger partial charge in [0.05, 0.1) is 51.0 Å². The predicted molar refractivity (Wildman–Crippen MR) is 401 cm³/mol. The number of aromatic carboxylic acids is 1. The Morgan fingerprint density at radius 2 is 0.729 bits per heavy atom. The number of hydrogen-bond donors (Lipinski definition) is 7. The first-order valence-corrected chi connectivity index (χ1v) is 35.0. The van der Waals surface area contributed by atoms with E-state index in [0.717, 1.165) is 31.7 Å². The number of methoxy groups -OCH3 is 2. The number of benzene rings is 4. The number of carboxylic acid groups (broad SMARTS) is 1. The molecule has 12 rings (SSSR count). The number of carbonyl (C=O) groups is 7. The first-order valence-electron chi connectivity index (χ1n) is 33.5. The third-order valence-corrected chi connectivity index (χ3v) is 17.6. The molecule has 4 aliphatic rings. The number of amides is 7. The molecule has 28 nitrogen and oxygen atoms in total. The van der Waals surface area contributed by atoms with Crippen LogP contribution in [0.2, 0.25) is 20.1 Å². The average Bonchev–Trinajstić information content (AvgIpc) is 0.862. The van der Waals surface area contributed by atoms with Crippen molar-refractivity contribution in [2.24, 2.45) is 0 Å². The van der Waals surface area contributed by atoms with Gasteiger partial charge in [0.25, 0.3) is 5.91 Å². The fourth-order valence-corrected chi connectivity index (χ4v) is 11.5. The molecule has 0 atom stereocenters. The summed E-state index contributed by atoms with van der Waals surface area (Å²) in [5.74, 6) is 1.76. The van der Waals surface area contributed by atoms with Gasteiger partial charge in [-0.2, -0.15) is 0 Å². The molecule has 0 spiro atoms. The molecule has 4 fully saturated rings. The first kappa shape index (κ1) is 86.2. The number of esters is 2. The number of urea groups is 3. The topological polar surface area (TPSA) is 373 Å². The number of likely N-dealkylation sites (tertiary alicyclic amines) is 3. The Hall–Kier alpha value is -9.75. The van der Waals surface area contributed by atoms with Crippen molar-refractivity contribution in [2.75, 3.05) is 95.3 Å². The van der Waals surface area contributed by atoms with Crippen LogP contribution in [0.25, 0.3) is 0 Å². The van der Waals surface area contributed by atoms with Crippen LogP contribution >= 0.6 is 46.4 Å². The van der Waals surface area contributed by atoms with Crippen LogP contribution in [0.3, 0.4) is 0 Å². The Morgan fingerprint density at radius 1 is 0.439 bits per heavy atom. The summed E-state index contributed by atoms with van der Waals surface area (Å²) in [5, 5.41) is 25.3. The van der Waals surface area contributed by atoms with Gasteiger partial charge in [0.2, 0.25) is 0 Å². The quantitative estimate of drug-likeness (QED) is 0.0370. The Morgan fingerprint density at radius 3 is 1.05 bits per heavy atom. The number of rotatable bonds is 15. The van der Waals surface area contributed by atoms with Crippen LogP contribution in [0.1, 0.15) is 92.8 Å². The van der Waals surface area contributed by atoms with Crippen LogP contribution in [-0.4, -0.2) is 185 Å². The van der Waals surface area contributed by atoms with E-state index in [4.69, 9.17) is 76.2 Å². The van der Waals surface area contributed by atoms with Gasteiger partial charge < -0.3 is 70.1 Å². The molecular weight excluding hydrogens is 1480 g/mol. The molecule has 107 heavy (non-hydrogen) atoms. The number of para-hydroxylation sites is 4. The fraction of sp³-hybridized carbons (Fsp3) is 0.311. The van der Waals surface area contributed by atoms with Gasteiger partial charge in [0.15, 0.2) is 0 Å². The minimum atomic E-state index is -1.07. The number of pyridine rings is 4. The molecule has 7 amide bonds. The number of nitrogens with one attached hydrogen (secondary N) is 5. The molecule has 4 aliphatic heterocycles. The molecule has 0 aliphatic carbocycles. The van der Waals surface area contributed by atoms with Crippen LogP contribution in [0, 0.1) is 0 Å². The zero-order valence-corrected chi connectivity index (χ0v) is 64.2. The van der Waals surface area contributed by atoms with Crippen molar-refractivity contribution >= 4 is 112 Å². The number of nitrogen functional groups attached to an aromatic ring is 1. The number of carboxylic acids is 1. The third-order valence-electron chi connectivity index (χ3n) is 16.3. The third kappa shape index (κ3) is 28.2. The minimum Gasteiger partial charge on any atom is -0.870 e. The second kappa shape index (κ2) is 45.0. The van der Waals surface area contributed by atoms with E-state index < -0.39 is 17.9 Å². The van der Waals surface area contributed by atoms with E-state index in [1.165, 1.54) is 69.3 Å². The first-order chi connectivity index (χ1) is 50.7. The molecule has 0 saturated carbocycles. The molecule has 9 N–H and O–H groups in total. The molecule has 4 aromatic carbocycles. The molecule has 0 unspecified atom stereocenters. The number of ether oxygens (including phenoxy) is 6. The molecule has 0 bridgehead atoms. The Bertz CT molecular complexity index is 4070. The number of piperidine rings is 4. The van der Waals surface area contributed by atoms with Gasteiger partial charge in [0.1, 0.15) is 70.7 Å². The van der Waals surface area contributed by atoms with Crippen LogP contribution in [-0.2, 0) is 9.47 Å². The molecule has 8 heterocycles. The fourth-order valence-electron chi connectivity index (χ4n) is 10.7. The maximum absolute atomic E-state index is 12.4. The van der Waals surface area contributed by atoms with E-state index in [0.29, 0.717) is 155 Å².